The maximum atomic E-state index is 2.55. The van der Waals surface area contributed by atoms with Gasteiger partial charge in [0.15, 0.2) is 0 Å². The van der Waals surface area contributed by atoms with E-state index in [0.717, 1.165) is 12.8 Å². The normalized spacial score (nSPS) is 14.1. The molecule has 2 aromatic rings. The summed E-state index contributed by atoms with van der Waals surface area (Å²) in [4.78, 5) is 0. The van der Waals surface area contributed by atoms with E-state index in [1.165, 1.54) is 33.4 Å². The van der Waals surface area contributed by atoms with Crippen LogP contribution in [0.3, 0.4) is 0 Å². The predicted molar refractivity (Wildman–Crippen MR) is 130 cm³/mol. The molecule has 2 aliphatic carbocycles. The van der Waals surface area contributed by atoms with E-state index in [4.69, 9.17) is 0 Å². The molecule has 0 aliphatic heterocycles. The van der Waals surface area contributed by atoms with Crippen molar-refractivity contribution in [2.45, 2.75) is 79.1 Å². The number of benzene rings is 2. The Hall–Kier alpha value is -0.747. The van der Waals surface area contributed by atoms with Crippen molar-refractivity contribution in [1.82, 2.24) is 0 Å². The van der Waals surface area contributed by atoms with Gasteiger partial charge in [-0.1, -0.05) is 0 Å². The van der Waals surface area contributed by atoms with Crippen molar-refractivity contribution >= 4 is 12.1 Å². The smallest absolute Gasteiger partial charge is 1.00 e. The first-order valence-corrected chi connectivity index (χ1v) is 13.7. The molecular formula is C29H35Cl2Zr. The minimum atomic E-state index is -0.776. The van der Waals surface area contributed by atoms with Crippen LogP contribution < -0.4 is 28.1 Å². The number of halogens is 2. The van der Waals surface area contributed by atoms with E-state index >= 15 is 0 Å². The van der Waals surface area contributed by atoms with Crippen molar-refractivity contribution in [1.29, 1.82) is 0 Å². The van der Waals surface area contributed by atoms with Gasteiger partial charge in [0.1, 0.15) is 0 Å². The zero-order valence-corrected chi connectivity index (χ0v) is 24.7. The summed E-state index contributed by atoms with van der Waals surface area (Å²) < 4.78 is 3.41. The molecule has 0 heterocycles. The summed E-state index contributed by atoms with van der Waals surface area (Å²) in [5.74, 6) is 0. The van der Waals surface area contributed by atoms with Crippen LogP contribution in [0.4, 0.5) is 0 Å². The molecule has 0 fully saturated rings. The van der Waals surface area contributed by atoms with E-state index in [2.05, 4.69) is 97.9 Å². The Morgan fingerprint density at radius 2 is 1.53 bits per heavy atom. The predicted octanol–water partition coefficient (Wildman–Crippen LogP) is 1.12. The Morgan fingerprint density at radius 3 is 2.06 bits per heavy atom. The van der Waals surface area contributed by atoms with Gasteiger partial charge in [-0.3, -0.25) is 0 Å². The second-order valence-electron chi connectivity index (χ2n) is 11.2. The summed E-state index contributed by atoms with van der Waals surface area (Å²) in [7, 11) is 0. The van der Waals surface area contributed by atoms with Gasteiger partial charge in [-0.05, 0) is 0 Å². The minimum absolute atomic E-state index is 0. The summed E-state index contributed by atoms with van der Waals surface area (Å²) in [5.41, 5.74) is 12.6. The van der Waals surface area contributed by atoms with E-state index in [-0.39, 0.29) is 35.6 Å². The first kappa shape index (κ1) is 27.5. The molecule has 3 heteroatoms. The molecule has 0 bridgehead atoms. The zero-order valence-electron chi connectivity index (χ0n) is 20.7. The van der Waals surface area contributed by atoms with Crippen LogP contribution in [-0.2, 0) is 40.0 Å². The monoisotopic (exact) mass is 543 g/mol. The van der Waals surface area contributed by atoms with Crippen LogP contribution in [0, 0.1) is 0 Å². The summed E-state index contributed by atoms with van der Waals surface area (Å²) in [6.45, 7) is 18.9. The average Bonchev–Trinajstić information content (AvgIpc) is 3.26. The second kappa shape index (κ2) is 9.86. The molecule has 0 N–H and O–H groups in total. The standard InChI is InChI=1S/C26H29.C3H6.2ClH.Zr/c1-25(2,3)20-11-12-21-18(14-20)13-19-15-24(26(4,5)6)23(16-22(19)21)17-9-7-8-10-17;1-3-2;;;/h7-9,11-12,14,16H,10,13H2,1-6H3;1-2H3;2*1H;/q;;;;+2/p-2. The SMILES string of the molecule is C[C](C)=[Zr+2][c]1c2c(cc(C3=CC=CC3)c1C(C)(C)C)-c1ccc(C(C)(C)C)cc1C2.[Cl-].[Cl-]. The van der Waals surface area contributed by atoms with Gasteiger partial charge in [-0.2, -0.15) is 0 Å². The summed E-state index contributed by atoms with van der Waals surface area (Å²) >= 11 is -0.776. The van der Waals surface area contributed by atoms with E-state index in [1.54, 1.807) is 17.6 Å². The molecule has 2 aliphatic rings. The zero-order chi connectivity index (χ0) is 21.8. The second-order valence-corrected chi connectivity index (χ2v) is 15.5. The third-order valence-electron chi connectivity index (χ3n) is 6.31. The Kier molecular flexibility index (Phi) is 8.47. The van der Waals surface area contributed by atoms with Crippen LogP contribution in [-0.4, -0.2) is 3.21 Å². The third-order valence-corrected chi connectivity index (χ3v) is 9.51. The minimum Gasteiger partial charge on any atom is -1.00 e. The Balaban J connectivity index is 0.00000181. The molecule has 169 valence electrons. The van der Waals surface area contributed by atoms with Gasteiger partial charge < -0.3 is 24.8 Å². The Morgan fingerprint density at radius 1 is 0.844 bits per heavy atom. The molecule has 0 spiro atoms. The molecule has 0 radical (unpaired) electrons. The van der Waals surface area contributed by atoms with Gasteiger partial charge in [-0.25, -0.2) is 0 Å². The van der Waals surface area contributed by atoms with Gasteiger partial charge in [0.25, 0.3) is 0 Å². The van der Waals surface area contributed by atoms with Crippen LogP contribution in [0.1, 0.15) is 89.6 Å². The van der Waals surface area contributed by atoms with Crippen molar-refractivity contribution in [2.24, 2.45) is 0 Å². The molecule has 2 aromatic carbocycles. The van der Waals surface area contributed by atoms with Crippen molar-refractivity contribution in [3.63, 3.8) is 0 Å². The van der Waals surface area contributed by atoms with Crippen molar-refractivity contribution in [3.05, 3.63) is 70.3 Å². The molecule has 4 rings (SSSR count). The van der Waals surface area contributed by atoms with Gasteiger partial charge in [0, 0.05) is 0 Å². The molecule has 0 saturated heterocycles. The van der Waals surface area contributed by atoms with Gasteiger partial charge in [0.2, 0.25) is 0 Å². The molecule has 0 nitrogen and oxygen atoms in total. The molecular weight excluding hydrogens is 510 g/mol. The first-order valence-electron chi connectivity index (χ1n) is 11.2. The number of hydrogen-bond acceptors (Lipinski definition) is 0. The van der Waals surface area contributed by atoms with Gasteiger partial charge in [0.05, 0.1) is 0 Å². The fraction of sp³-hybridized carbons (Fsp3) is 0.414. The average molecular weight is 546 g/mol. The number of fused-ring (bicyclic) bond motifs is 3. The quantitative estimate of drug-likeness (QED) is 0.453. The van der Waals surface area contributed by atoms with Crippen LogP contribution in [0.2, 0.25) is 0 Å². The van der Waals surface area contributed by atoms with E-state index in [0.29, 0.717) is 0 Å². The van der Waals surface area contributed by atoms with Crippen molar-refractivity contribution in [2.75, 3.05) is 0 Å². The first-order chi connectivity index (χ1) is 14.0. The fourth-order valence-electron chi connectivity index (χ4n) is 4.87. The number of allylic oxidation sites excluding steroid dienone is 4. The molecule has 0 atom stereocenters. The van der Waals surface area contributed by atoms with E-state index < -0.39 is 22.8 Å². The molecule has 32 heavy (non-hydrogen) atoms. The van der Waals surface area contributed by atoms with Crippen LogP contribution in [0.15, 0.2) is 42.5 Å². The largest absolute Gasteiger partial charge is 1.00 e. The summed E-state index contributed by atoms with van der Waals surface area (Å²) in [6, 6.07) is 9.80. The molecule has 0 unspecified atom stereocenters. The Labute approximate surface area is 218 Å². The fourth-order valence-corrected chi connectivity index (χ4v) is 8.58. The topological polar surface area (TPSA) is 0 Å². The van der Waals surface area contributed by atoms with E-state index in [1.807, 2.05) is 0 Å². The van der Waals surface area contributed by atoms with E-state index in [9.17, 15) is 0 Å². The maximum Gasteiger partial charge on any atom is -1.00 e. The number of hydrogen-bond donors (Lipinski definition) is 0. The molecule has 0 amide bonds. The molecule has 0 saturated carbocycles. The van der Waals surface area contributed by atoms with Gasteiger partial charge in [-0.15, -0.1) is 0 Å². The summed E-state index contributed by atoms with van der Waals surface area (Å²) in [6.07, 6.45) is 9.05. The number of rotatable bonds is 2. The van der Waals surface area contributed by atoms with Crippen LogP contribution >= 0.6 is 0 Å². The third kappa shape index (κ3) is 5.16. The van der Waals surface area contributed by atoms with Gasteiger partial charge >= 0.3 is 195 Å². The summed E-state index contributed by atoms with van der Waals surface area (Å²) in [5, 5.41) is 0. The van der Waals surface area contributed by atoms with Crippen molar-refractivity contribution in [3.8, 4) is 11.1 Å². The maximum absolute atomic E-state index is 2.55. The van der Waals surface area contributed by atoms with Crippen molar-refractivity contribution < 1.29 is 47.6 Å². The molecule has 0 aromatic heterocycles. The Bertz CT molecular complexity index is 1120. The van der Waals surface area contributed by atoms with Crippen LogP contribution in [0.25, 0.3) is 16.7 Å². The van der Waals surface area contributed by atoms with Crippen LogP contribution in [0.5, 0.6) is 0 Å².